The van der Waals surface area contributed by atoms with Crippen LogP contribution in [0.25, 0.3) is 0 Å². The highest BCUT2D eigenvalue weighted by atomic mass is 16.5. The van der Waals surface area contributed by atoms with Gasteiger partial charge in [0.15, 0.2) is 5.78 Å². The summed E-state index contributed by atoms with van der Waals surface area (Å²) in [5.74, 6) is 1.00. The first-order valence-electron chi connectivity index (χ1n) is 8.68. The van der Waals surface area contributed by atoms with E-state index in [1.54, 1.807) is 54.5 Å². The first-order valence-corrected chi connectivity index (χ1v) is 8.68. The summed E-state index contributed by atoms with van der Waals surface area (Å²) in [6.07, 6.45) is 0.131. The number of ketones is 1. The Hall–Kier alpha value is -2.82. The van der Waals surface area contributed by atoms with Crippen LogP contribution in [0.2, 0.25) is 0 Å². The maximum atomic E-state index is 12.9. The minimum atomic E-state index is -0.120. The lowest BCUT2D eigenvalue weighted by Crippen LogP contribution is -2.31. The molecule has 0 bridgehead atoms. The van der Waals surface area contributed by atoms with Crippen LogP contribution in [0.4, 0.5) is 0 Å². The summed E-state index contributed by atoms with van der Waals surface area (Å²) < 4.78 is 10.5. The third-order valence-electron chi connectivity index (χ3n) is 4.36. The monoisotopic (exact) mass is 355 g/mol. The van der Waals surface area contributed by atoms with Gasteiger partial charge >= 0.3 is 0 Å². The van der Waals surface area contributed by atoms with Crippen molar-refractivity contribution in [3.63, 3.8) is 0 Å². The Kier molecular flexibility index (Phi) is 6.78. The normalized spacial score (nSPS) is 10.3. The molecule has 0 atom stereocenters. The number of hydrogen-bond acceptors (Lipinski definition) is 4. The number of carbonyl (C=O) groups is 2. The predicted octanol–water partition coefficient (Wildman–Crippen LogP) is 3.61. The van der Waals surface area contributed by atoms with Gasteiger partial charge in [-0.25, -0.2) is 0 Å². The number of benzene rings is 2. The van der Waals surface area contributed by atoms with Gasteiger partial charge < -0.3 is 14.4 Å². The Labute approximate surface area is 154 Å². The highest BCUT2D eigenvalue weighted by Gasteiger charge is 2.22. The number of rotatable bonds is 8. The summed E-state index contributed by atoms with van der Waals surface area (Å²) in [6, 6.07) is 12.3. The molecule has 0 aliphatic heterocycles. The van der Waals surface area contributed by atoms with Gasteiger partial charge in [-0.05, 0) is 49.7 Å². The summed E-state index contributed by atoms with van der Waals surface area (Å²) >= 11 is 0. The van der Waals surface area contributed by atoms with E-state index in [1.165, 1.54) is 7.11 Å². The fourth-order valence-corrected chi connectivity index (χ4v) is 2.86. The number of amides is 1. The lowest BCUT2D eigenvalue weighted by atomic mass is 9.97. The van der Waals surface area contributed by atoms with Crippen molar-refractivity contribution in [2.75, 3.05) is 27.3 Å². The molecule has 0 saturated heterocycles. The first-order chi connectivity index (χ1) is 12.5. The van der Waals surface area contributed by atoms with Crippen molar-refractivity contribution in [2.24, 2.45) is 0 Å². The minimum absolute atomic E-state index is 0.0606. The Balaban J connectivity index is 2.36. The van der Waals surface area contributed by atoms with E-state index in [0.717, 1.165) is 0 Å². The molecule has 1 amide bonds. The molecule has 0 unspecified atom stereocenters. The van der Waals surface area contributed by atoms with Crippen molar-refractivity contribution in [3.05, 3.63) is 59.2 Å². The van der Waals surface area contributed by atoms with E-state index >= 15 is 0 Å². The van der Waals surface area contributed by atoms with Gasteiger partial charge in [0.1, 0.15) is 11.5 Å². The van der Waals surface area contributed by atoms with E-state index in [9.17, 15) is 9.59 Å². The first kappa shape index (κ1) is 19.5. The maximum absolute atomic E-state index is 12.9. The van der Waals surface area contributed by atoms with Gasteiger partial charge in [0.2, 0.25) is 0 Å². The van der Waals surface area contributed by atoms with E-state index in [1.807, 2.05) is 13.8 Å². The molecule has 0 aliphatic rings. The molecular weight excluding hydrogens is 330 g/mol. The Morgan fingerprint density at radius 2 is 1.58 bits per heavy atom. The van der Waals surface area contributed by atoms with Crippen molar-refractivity contribution in [2.45, 2.75) is 20.3 Å². The number of ether oxygens (including phenoxy) is 2. The van der Waals surface area contributed by atoms with Crippen molar-refractivity contribution < 1.29 is 19.1 Å². The zero-order chi connectivity index (χ0) is 19.1. The number of methoxy groups -OCH3 is 2. The van der Waals surface area contributed by atoms with E-state index in [2.05, 4.69) is 0 Å². The third kappa shape index (κ3) is 4.23. The van der Waals surface area contributed by atoms with Crippen LogP contribution in [0.3, 0.4) is 0 Å². The lowest BCUT2D eigenvalue weighted by molar-refractivity contribution is 0.0768. The molecule has 2 rings (SSSR count). The summed E-state index contributed by atoms with van der Waals surface area (Å²) in [5, 5.41) is 0. The number of hydrogen-bond donors (Lipinski definition) is 0. The highest BCUT2D eigenvalue weighted by molar-refractivity contribution is 6.02. The molecule has 0 N–H and O–H groups in total. The molecule has 0 heterocycles. The van der Waals surface area contributed by atoms with E-state index in [4.69, 9.17) is 9.47 Å². The van der Waals surface area contributed by atoms with Crippen LogP contribution < -0.4 is 9.47 Å². The van der Waals surface area contributed by atoms with Gasteiger partial charge in [0.25, 0.3) is 5.91 Å². The molecular formula is C21H25NO4. The van der Waals surface area contributed by atoms with E-state index in [0.29, 0.717) is 41.3 Å². The van der Waals surface area contributed by atoms with Gasteiger partial charge in [-0.15, -0.1) is 0 Å². The number of nitrogens with zero attached hydrogens (tertiary/aromatic N) is 1. The molecule has 5 nitrogen and oxygen atoms in total. The quantitative estimate of drug-likeness (QED) is 0.679. The Bertz CT molecular complexity index is 764. The van der Waals surface area contributed by atoms with Gasteiger partial charge in [0.05, 0.1) is 19.8 Å². The standard InChI is InChI=1S/C21H25NO4/c1-5-22(6-2)21(24)20-16(8-7-9-19(20)26-4)14-18(23)15-10-12-17(25-3)13-11-15/h7-13H,5-6,14H2,1-4H3. The molecule has 0 spiro atoms. The van der Waals surface area contributed by atoms with Crippen LogP contribution in [0, 0.1) is 0 Å². The van der Waals surface area contributed by atoms with Crippen LogP contribution in [0.1, 0.15) is 40.1 Å². The fraction of sp³-hybridized carbons (Fsp3) is 0.333. The second-order valence-corrected chi connectivity index (χ2v) is 5.80. The average Bonchev–Trinajstić information content (AvgIpc) is 2.68. The van der Waals surface area contributed by atoms with Crippen molar-refractivity contribution >= 4 is 11.7 Å². The van der Waals surface area contributed by atoms with E-state index < -0.39 is 0 Å². The highest BCUT2D eigenvalue weighted by Crippen LogP contribution is 2.25. The molecule has 0 saturated carbocycles. The van der Waals surface area contributed by atoms with Crippen molar-refractivity contribution in [3.8, 4) is 11.5 Å². The van der Waals surface area contributed by atoms with Gasteiger partial charge in [0, 0.05) is 25.1 Å². The summed E-state index contributed by atoms with van der Waals surface area (Å²) in [5.41, 5.74) is 1.71. The van der Waals surface area contributed by atoms with Crippen LogP contribution in [-0.4, -0.2) is 43.9 Å². The van der Waals surface area contributed by atoms with Crippen molar-refractivity contribution in [1.82, 2.24) is 4.90 Å². The third-order valence-corrected chi connectivity index (χ3v) is 4.36. The Morgan fingerprint density at radius 1 is 0.923 bits per heavy atom. The summed E-state index contributed by atoms with van der Waals surface area (Å²) in [4.78, 5) is 27.3. The predicted molar refractivity (Wildman–Crippen MR) is 101 cm³/mol. The SMILES string of the molecule is CCN(CC)C(=O)c1c(CC(=O)c2ccc(OC)cc2)cccc1OC. The second kappa shape index (κ2) is 9.04. The molecule has 138 valence electrons. The van der Waals surface area contributed by atoms with Gasteiger partial charge in [-0.2, -0.15) is 0 Å². The molecule has 2 aromatic rings. The molecule has 0 radical (unpaired) electrons. The Morgan fingerprint density at radius 3 is 2.12 bits per heavy atom. The fourth-order valence-electron chi connectivity index (χ4n) is 2.86. The van der Waals surface area contributed by atoms with E-state index in [-0.39, 0.29) is 18.1 Å². The van der Waals surface area contributed by atoms with Gasteiger partial charge in [-0.3, -0.25) is 9.59 Å². The number of Topliss-reactive ketones (excluding diaryl/α,β-unsaturated/α-hetero) is 1. The van der Waals surface area contributed by atoms with Crippen LogP contribution in [-0.2, 0) is 6.42 Å². The molecule has 26 heavy (non-hydrogen) atoms. The molecule has 5 heteroatoms. The summed E-state index contributed by atoms with van der Waals surface area (Å²) in [7, 11) is 3.11. The zero-order valence-corrected chi connectivity index (χ0v) is 15.7. The average molecular weight is 355 g/mol. The zero-order valence-electron chi connectivity index (χ0n) is 15.7. The molecule has 0 aliphatic carbocycles. The maximum Gasteiger partial charge on any atom is 0.257 e. The topological polar surface area (TPSA) is 55.8 Å². The summed E-state index contributed by atoms with van der Waals surface area (Å²) in [6.45, 7) is 5.05. The number of carbonyl (C=O) groups excluding carboxylic acids is 2. The van der Waals surface area contributed by atoms with Crippen molar-refractivity contribution in [1.29, 1.82) is 0 Å². The van der Waals surface area contributed by atoms with Gasteiger partial charge in [-0.1, -0.05) is 12.1 Å². The largest absolute Gasteiger partial charge is 0.497 e. The minimum Gasteiger partial charge on any atom is -0.497 e. The molecule has 0 aromatic heterocycles. The van der Waals surface area contributed by atoms with Crippen LogP contribution >= 0.6 is 0 Å². The molecule has 0 fully saturated rings. The molecule has 2 aromatic carbocycles. The second-order valence-electron chi connectivity index (χ2n) is 5.80. The lowest BCUT2D eigenvalue weighted by Gasteiger charge is -2.22. The smallest absolute Gasteiger partial charge is 0.257 e. The van der Waals surface area contributed by atoms with Crippen LogP contribution in [0.5, 0.6) is 11.5 Å². The van der Waals surface area contributed by atoms with Crippen LogP contribution in [0.15, 0.2) is 42.5 Å².